The molecule has 1 N–H and O–H groups in total. The summed E-state index contributed by atoms with van der Waals surface area (Å²) in [5, 5.41) is 3.31. The fourth-order valence-corrected chi connectivity index (χ4v) is 2.44. The number of carbonyl (C=O) groups excluding carboxylic acids is 1. The van der Waals surface area contributed by atoms with Gasteiger partial charge in [-0.1, -0.05) is 13.8 Å². The van der Waals surface area contributed by atoms with Crippen LogP contribution in [0.3, 0.4) is 0 Å². The van der Waals surface area contributed by atoms with Crippen LogP contribution in [0.5, 0.6) is 0 Å². The highest BCUT2D eigenvalue weighted by Gasteiger charge is 2.45. The molecule has 0 aromatic carbocycles. The Labute approximate surface area is 91.0 Å². The molecular weight excluding hydrogens is 192 g/mol. The van der Waals surface area contributed by atoms with E-state index >= 15 is 0 Å². The second kappa shape index (κ2) is 4.00. The number of amides is 1. The van der Waals surface area contributed by atoms with Gasteiger partial charge in [-0.3, -0.25) is 0 Å². The monoisotopic (exact) mass is 212 g/mol. The van der Waals surface area contributed by atoms with Crippen molar-refractivity contribution >= 4 is 6.09 Å². The fraction of sp³-hybridized carbons (Fsp3) is 0.909. The summed E-state index contributed by atoms with van der Waals surface area (Å²) in [6.45, 7) is 7.67. The predicted octanol–water partition coefficient (Wildman–Crippen LogP) is 1.22. The molecule has 2 heterocycles. The Morgan fingerprint density at radius 3 is 3.00 bits per heavy atom. The Balaban J connectivity index is 1.98. The van der Waals surface area contributed by atoms with Crippen LogP contribution in [0.4, 0.5) is 4.79 Å². The molecule has 0 aromatic rings. The van der Waals surface area contributed by atoms with E-state index in [1.165, 1.54) is 0 Å². The van der Waals surface area contributed by atoms with Crippen LogP contribution in [0.2, 0.25) is 0 Å². The molecule has 0 saturated carbocycles. The number of rotatable bonds is 2. The molecule has 1 spiro atoms. The molecule has 15 heavy (non-hydrogen) atoms. The zero-order valence-electron chi connectivity index (χ0n) is 9.58. The van der Waals surface area contributed by atoms with Crippen LogP contribution in [0.1, 0.15) is 26.7 Å². The first-order valence-corrected chi connectivity index (χ1v) is 5.80. The summed E-state index contributed by atoms with van der Waals surface area (Å²) in [5.41, 5.74) is -0.232. The molecule has 0 radical (unpaired) electrons. The highest BCUT2D eigenvalue weighted by Crippen LogP contribution is 2.29. The molecule has 1 amide bonds. The maximum Gasteiger partial charge on any atom is 0.410 e. The van der Waals surface area contributed by atoms with Gasteiger partial charge in [0.25, 0.3) is 0 Å². The van der Waals surface area contributed by atoms with Crippen molar-refractivity contribution in [3.63, 3.8) is 0 Å². The normalized spacial score (nSPS) is 31.4. The Morgan fingerprint density at radius 2 is 2.40 bits per heavy atom. The van der Waals surface area contributed by atoms with Gasteiger partial charge in [0.05, 0.1) is 6.54 Å². The second-order valence-electron chi connectivity index (χ2n) is 5.11. The first-order valence-electron chi connectivity index (χ1n) is 5.80. The molecule has 86 valence electrons. The van der Waals surface area contributed by atoms with Crippen LogP contribution in [0.25, 0.3) is 0 Å². The number of piperidine rings is 1. The van der Waals surface area contributed by atoms with Crippen LogP contribution >= 0.6 is 0 Å². The van der Waals surface area contributed by atoms with E-state index in [-0.39, 0.29) is 11.7 Å². The lowest BCUT2D eigenvalue weighted by molar-refractivity contribution is 0.0366. The molecule has 0 aliphatic carbocycles. The van der Waals surface area contributed by atoms with Gasteiger partial charge in [-0.25, -0.2) is 4.79 Å². The topological polar surface area (TPSA) is 41.6 Å². The highest BCUT2D eigenvalue weighted by atomic mass is 16.6. The van der Waals surface area contributed by atoms with Gasteiger partial charge in [0.2, 0.25) is 0 Å². The molecule has 2 aliphatic rings. The highest BCUT2D eigenvalue weighted by molar-refractivity contribution is 5.70. The van der Waals surface area contributed by atoms with Crippen molar-refractivity contribution in [1.29, 1.82) is 0 Å². The Bertz CT molecular complexity index is 247. The third-order valence-electron chi connectivity index (χ3n) is 3.06. The average molecular weight is 212 g/mol. The number of hydrogen-bond acceptors (Lipinski definition) is 3. The molecule has 2 rings (SSSR count). The Hall–Kier alpha value is -0.770. The summed E-state index contributed by atoms with van der Waals surface area (Å²) in [5.74, 6) is 0.504. The number of hydrogen-bond donors (Lipinski definition) is 1. The van der Waals surface area contributed by atoms with Gasteiger partial charge < -0.3 is 15.0 Å². The van der Waals surface area contributed by atoms with E-state index in [2.05, 4.69) is 19.2 Å². The van der Waals surface area contributed by atoms with Crippen molar-refractivity contribution in [1.82, 2.24) is 10.2 Å². The zero-order valence-corrected chi connectivity index (χ0v) is 9.58. The van der Waals surface area contributed by atoms with Gasteiger partial charge in [0, 0.05) is 13.1 Å². The van der Waals surface area contributed by atoms with Gasteiger partial charge in [0.1, 0.15) is 5.60 Å². The Morgan fingerprint density at radius 1 is 1.60 bits per heavy atom. The molecule has 4 nitrogen and oxygen atoms in total. The fourth-order valence-electron chi connectivity index (χ4n) is 2.44. The summed E-state index contributed by atoms with van der Waals surface area (Å²) in [6.07, 6.45) is 1.97. The number of ether oxygens (including phenoxy) is 1. The molecule has 1 atom stereocenters. The molecule has 0 bridgehead atoms. The summed E-state index contributed by atoms with van der Waals surface area (Å²) < 4.78 is 5.53. The largest absolute Gasteiger partial charge is 0.440 e. The van der Waals surface area contributed by atoms with Crippen LogP contribution in [0.15, 0.2) is 0 Å². The quantitative estimate of drug-likeness (QED) is 0.748. The number of nitrogens with zero attached hydrogens (tertiary/aromatic N) is 1. The summed E-state index contributed by atoms with van der Waals surface area (Å²) in [6, 6.07) is 0. The third kappa shape index (κ3) is 2.25. The lowest BCUT2D eigenvalue weighted by atomic mass is 9.94. The zero-order chi connectivity index (χ0) is 10.9. The van der Waals surface area contributed by atoms with E-state index < -0.39 is 0 Å². The van der Waals surface area contributed by atoms with Crippen molar-refractivity contribution in [3.8, 4) is 0 Å². The molecule has 2 saturated heterocycles. The average Bonchev–Trinajstić information content (AvgIpc) is 2.43. The van der Waals surface area contributed by atoms with E-state index in [0.717, 1.165) is 39.0 Å². The van der Waals surface area contributed by atoms with E-state index in [0.29, 0.717) is 5.92 Å². The lowest BCUT2D eigenvalue weighted by Gasteiger charge is -2.31. The summed E-state index contributed by atoms with van der Waals surface area (Å²) in [7, 11) is 0. The minimum absolute atomic E-state index is 0.132. The van der Waals surface area contributed by atoms with Gasteiger partial charge in [-0.2, -0.15) is 0 Å². The van der Waals surface area contributed by atoms with E-state index in [1.54, 1.807) is 0 Å². The SMILES string of the molecule is CC(C)CN1CC2(CCCNC2)OC1=O. The molecule has 2 aliphatic heterocycles. The standard InChI is InChI=1S/C11H20N2O2/c1-9(2)6-13-8-11(15-10(13)14)4-3-5-12-7-11/h9,12H,3-8H2,1-2H3. The van der Waals surface area contributed by atoms with Crippen molar-refractivity contribution in [2.24, 2.45) is 5.92 Å². The van der Waals surface area contributed by atoms with Gasteiger partial charge in [-0.15, -0.1) is 0 Å². The van der Waals surface area contributed by atoms with Crippen LogP contribution < -0.4 is 5.32 Å². The number of nitrogens with one attached hydrogen (secondary N) is 1. The summed E-state index contributed by atoms with van der Waals surface area (Å²) in [4.78, 5) is 13.5. The lowest BCUT2D eigenvalue weighted by Crippen LogP contribution is -2.48. The van der Waals surface area contributed by atoms with Crippen LogP contribution in [0, 0.1) is 5.92 Å². The van der Waals surface area contributed by atoms with Crippen molar-refractivity contribution in [3.05, 3.63) is 0 Å². The molecule has 2 fully saturated rings. The predicted molar refractivity (Wildman–Crippen MR) is 57.7 cm³/mol. The molecular formula is C11H20N2O2. The minimum Gasteiger partial charge on any atom is -0.440 e. The van der Waals surface area contributed by atoms with E-state index in [9.17, 15) is 4.79 Å². The molecule has 0 aromatic heterocycles. The van der Waals surface area contributed by atoms with Crippen molar-refractivity contribution < 1.29 is 9.53 Å². The van der Waals surface area contributed by atoms with Gasteiger partial charge >= 0.3 is 6.09 Å². The van der Waals surface area contributed by atoms with E-state index in [1.807, 2.05) is 4.90 Å². The van der Waals surface area contributed by atoms with Crippen LogP contribution in [-0.4, -0.2) is 42.8 Å². The Kier molecular flexibility index (Phi) is 2.87. The maximum atomic E-state index is 11.7. The van der Waals surface area contributed by atoms with Crippen molar-refractivity contribution in [2.75, 3.05) is 26.2 Å². The van der Waals surface area contributed by atoms with Gasteiger partial charge in [-0.05, 0) is 25.3 Å². The smallest absolute Gasteiger partial charge is 0.410 e. The van der Waals surface area contributed by atoms with Crippen molar-refractivity contribution in [2.45, 2.75) is 32.3 Å². The third-order valence-corrected chi connectivity index (χ3v) is 3.06. The first kappa shape index (κ1) is 10.7. The number of carbonyl (C=O) groups is 1. The second-order valence-corrected chi connectivity index (χ2v) is 5.11. The minimum atomic E-state index is -0.232. The van der Waals surface area contributed by atoms with Gasteiger partial charge in [0.15, 0.2) is 0 Å². The summed E-state index contributed by atoms with van der Waals surface area (Å²) >= 11 is 0. The first-order chi connectivity index (χ1) is 7.11. The van der Waals surface area contributed by atoms with E-state index in [4.69, 9.17) is 4.74 Å². The molecule has 4 heteroatoms. The van der Waals surface area contributed by atoms with Crippen LogP contribution in [-0.2, 0) is 4.74 Å². The maximum absolute atomic E-state index is 11.7. The molecule has 1 unspecified atom stereocenters.